The van der Waals surface area contributed by atoms with E-state index < -0.39 is 0 Å². The van der Waals surface area contributed by atoms with Crippen molar-refractivity contribution in [3.05, 3.63) is 84.6 Å². The van der Waals surface area contributed by atoms with Crippen LogP contribution in [-0.4, -0.2) is 16.4 Å². The van der Waals surface area contributed by atoms with Crippen molar-refractivity contribution in [2.75, 3.05) is 0 Å². The van der Waals surface area contributed by atoms with Crippen LogP contribution in [0.3, 0.4) is 0 Å². The minimum Gasteiger partial charge on any atom is -0.342 e. The lowest BCUT2D eigenvalue weighted by molar-refractivity contribution is 0.0903. The number of carbonyl (C=O) groups is 1. The number of benzene rings is 2. The average Bonchev–Trinajstić information content (AvgIpc) is 2.74. The lowest BCUT2D eigenvalue weighted by Gasteiger charge is -2.40. The summed E-state index contributed by atoms with van der Waals surface area (Å²) < 4.78 is 0. The second-order valence-corrected chi connectivity index (χ2v) is 7.36. The van der Waals surface area contributed by atoms with Gasteiger partial charge in [-0.05, 0) is 36.1 Å². The van der Waals surface area contributed by atoms with Crippen molar-refractivity contribution in [1.29, 1.82) is 0 Å². The number of fused-ring (bicyclic) bond motifs is 1. The van der Waals surface area contributed by atoms with Gasteiger partial charge in [0.05, 0.1) is 16.6 Å². The number of hydrogen-bond donors (Lipinski definition) is 1. The quantitative estimate of drug-likeness (QED) is 0.682. The molecule has 1 amide bonds. The zero-order valence-electron chi connectivity index (χ0n) is 15.4. The Bertz CT molecular complexity index is 972. The SMILES string of the molecule is C=C(c1ccccc1)C1(NC(=O)c2cnc3ccccc3c2)CCCCC1. The lowest BCUT2D eigenvalue weighted by Crippen LogP contribution is -2.50. The van der Waals surface area contributed by atoms with Crippen LogP contribution in [-0.2, 0) is 0 Å². The van der Waals surface area contributed by atoms with Gasteiger partial charge in [0.15, 0.2) is 0 Å². The third-order valence-electron chi connectivity index (χ3n) is 5.61. The molecule has 0 saturated heterocycles. The van der Waals surface area contributed by atoms with Crippen molar-refractivity contribution < 1.29 is 4.79 Å². The molecule has 0 aliphatic heterocycles. The standard InChI is InChI=1S/C24H24N2O/c1-18(19-10-4-2-5-11-19)24(14-8-3-9-15-24)26-23(27)21-16-20-12-6-7-13-22(20)25-17-21/h2,4-7,10-13,16-17H,1,3,8-9,14-15H2,(H,26,27). The largest absolute Gasteiger partial charge is 0.342 e. The molecule has 0 bridgehead atoms. The topological polar surface area (TPSA) is 42.0 Å². The molecule has 3 aromatic rings. The number of nitrogens with one attached hydrogen (secondary N) is 1. The maximum absolute atomic E-state index is 13.1. The third kappa shape index (κ3) is 3.50. The number of pyridine rings is 1. The van der Waals surface area contributed by atoms with Crippen molar-refractivity contribution in [3.8, 4) is 0 Å². The van der Waals surface area contributed by atoms with Gasteiger partial charge < -0.3 is 5.32 Å². The minimum absolute atomic E-state index is 0.0766. The fourth-order valence-corrected chi connectivity index (χ4v) is 4.06. The van der Waals surface area contributed by atoms with Gasteiger partial charge in [0.1, 0.15) is 0 Å². The van der Waals surface area contributed by atoms with Crippen molar-refractivity contribution in [3.63, 3.8) is 0 Å². The first-order valence-corrected chi connectivity index (χ1v) is 9.60. The van der Waals surface area contributed by atoms with Crippen molar-refractivity contribution in [2.24, 2.45) is 0 Å². The molecule has 1 N–H and O–H groups in total. The van der Waals surface area contributed by atoms with E-state index in [1.165, 1.54) is 6.42 Å². The lowest BCUT2D eigenvalue weighted by atomic mass is 9.74. The van der Waals surface area contributed by atoms with E-state index in [1.54, 1.807) is 6.20 Å². The van der Waals surface area contributed by atoms with Crippen LogP contribution >= 0.6 is 0 Å². The fourth-order valence-electron chi connectivity index (χ4n) is 4.06. The summed E-state index contributed by atoms with van der Waals surface area (Å²) in [5.41, 5.74) is 3.21. The van der Waals surface area contributed by atoms with E-state index in [9.17, 15) is 4.79 Å². The predicted molar refractivity (Wildman–Crippen MR) is 111 cm³/mol. The molecule has 1 fully saturated rings. The number of aromatic nitrogens is 1. The molecular weight excluding hydrogens is 332 g/mol. The predicted octanol–water partition coefficient (Wildman–Crippen LogP) is 5.38. The zero-order chi connectivity index (χ0) is 18.7. The smallest absolute Gasteiger partial charge is 0.253 e. The second-order valence-electron chi connectivity index (χ2n) is 7.36. The Balaban J connectivity index is 1.64. The first kappa shape index (κ1) is 17.5. The molecule has 0 radical (unpaired) electrons. The van der Waals surface area contributed by atoms with E-state index in [4.69, 9.17) is 0 Å². The van der Waals surface area contributed by atoms with Crippen LogP contribution in [0.15, 0.2) is 73.4 Å². The highest BCUT2D eigenvalue weighted by Gasteiger charge is 2.37. The Morgan fingerprint density at radius 2 is 1.63 bits per heavy atom. The summed E-state index contributed by atoms with van der Waals surface area (Å²) in [5, 5.41) is 4.31. The van der Waals surface area contributed by atoms with Crippen LogP contribution in [0.25, 0.3) is 16.5 Å². The molecule has 1 aliphatic rings. The summed E-state index contributed by atoms with van der Waals surface area (Å²) in [4.78, 5) is 17.5. The maximum atomic E-state index is 13.1. The highest BCUT2D eigenvalue weighted by molar-refractivity contribution is 5.98. The Hall–Kier alpha value is -2.94. The maximum Gasteiger partial charge on any atom is 0.253 e. The third-order valence-corrected chi connectivity index (χ3v) is 5.61. The number of amides is 1. The number of carbonyl (C=O) groups excluding carboxylic acids is 1. The van der Waals surface area contributed by atoms with Crippen LogP contribution in [0.1, 0.15) is 48.0 Å². The summed E-state index contributed by atoms with van der Waals surface area (Å²) in [7, 11) is 0. The van der Waals surface area contributed by atoms with Gasteiger partial charge in [-0.15, -0.1) is 0 Å². The van der Waals surface area contributed by atoms with Crippen LogP contribution in [0, 0.1) is 0 Å². The minimum atomic E-state index is -0.387. The monoisotopic (exact) mass is 356 g/mol. The van der Waals surface area contributed by atoms with Crippen LogP contribution < -0.4 is 5.32 Å². The zero-order valence-corrected chi connectivity index (χ0v) is 15.4. The van der Waals surface area contributed by atoms with E-state index in [0.29, 0.717) is 5.56 Å². The number of rotatable bonds is 4. The molecule has 136 valence electrons. The summed E-state index contributed by atoms with van der Waals surface area (Å²) in [6, 6.07) is 20.0. The molecule has 0 spiro atoms. The van der Waals surface area contributed by atoms with Crippen molar-refractivity contribution in [1.82, 2.24) is 10.3 Å². The van der Waals surface area contributed by atoms with E-state index in [-0.39, 0.29) is 11.4 Å². The van der Waals surface area contributed by atoms with Crippen LogP contribution in [0.5, 0.6) is 0 Å². The van der Waals surface area contributed by atoms with Gasteiger partial charge in [-0.1, -0.05) is 74.4 Å². The highest BCUT2D eigenvalue weighted by atomic mass is 16.1. The van der Waals surface area contributed by atoms with E-state index >= 15 is 0 Å². The number of para-hydroxylation sites is 1. The molecule has 1 aromatic heterocycles. The number of nitrogens with zero attached hydrogens (tertiary/aromatic N) is 1. The van der Waals surface area contributed by atoms with Crippen LogP contribution in [0.4, 0.5) is 0 Å². The summed E-state index contributed by atoms with van der Waals surface area (Å²) in [5.74, 6) is -0.0766. The van der Waals surface area contributed by atoms with Gasteiger partial charge in [-0.3, -0.25) is 9.78 Å². The van der Waals surface area contributed by atoms with Gasteiger partial charge in [0.25, 0.3) is 5.91 Å². The summed E-state index contributed by atoms with van der Waals surface area (Å²) in [6.07, 6.45) is 6.92. The molecule has 27 heavy (non-hydrogen) atoms. The Kier molecular flexibility index (Phi) is 4.76. The molecule has 4 rings (SSSR count). The van der Waals surface area contributed by atoms with Crippen molar-refractivity contribution >= 4 is 22.4 Å². The first-order chi connectivity index (χ1) is 13.2. The molecular formula is C24H24N2O. The Labute approximate surface area is 160 Å². The van der Waals surface area contributed by atoms with Gasteiger partial charge in [-0.2, -0.15) is 0 Å². The van der Waals surface area contributed by atoms with Crippen LogP contribution in [0.2, 0.25) is 0 Å². The summed E-state index contributed by atoms with van der Waals surface area (Å²) >= 11 is 0. The normalized spacial score (nSPS) is 16.0. The molecule has 1 heterocycles. The molecule has 1 saturated carbocycles. The Morgan fingerprint density at radius 1 is 0.926 bits per heavy atom. The molecule has 1 aliphatic carbocycles. The molecule has 2 aromatic carbocycles. The second kappa shape index (κ2) is 7.36. The van der Waals surface area contributed by atoms with E-state index in [0.717, 1.165) is 47.7 Å². The average molecular weight is 356 g/mol. The van der Waals surface area contributed by atoms with Gasteiger partial charge >= 0.3 is 0 Å². The van der Waals surface area contributed by atoms with Gasteiger partial charge in [0.2, 0.25) is 0 Å². The first-order valence-electron chi connectivity index (χ1n) is 9.60. The van der Waals surface area contributed by atoms with E-state index in [2.05, 4.69) is 29.0 Å². The van der Waals surface area contributed by atoms with Gasteiger partial charge in [-0.25, -0.2) is 0 Å². The molecule has 3 heteroatoms. The number of hydrogen-bond acceptors (Lipinski definition) is 2. The fraction of sp³-hybridized carbons (Fsp3) is 0.250. The van der Waals surface area contributed by atoms with E-state index in [1.807, 2.05) is 48.5 Å². The highest BCUT2D eigenvalue weighted by Crippen LogP contribution is 2.38. The molecule has 0 atom stereocenters. The van der Waals surface area contributed by atoms with Crippen molar-refractivity contribution in [2.45, 2.75) is 37.6 Å². The van der Waals surface area contributed by atoms with Gasteiger partial charge in [0, 0.05) is 11.6 Å². The summed E-state index contributed by atoms with van der Waals surface area (Å²) in [6.45, 7) is 4.39. The Morgan fingerprint density at radius 3 is 2.41 bits per heavy atom. The molecule has 3 nitrogen and oxygen atoms in total. The molecule has 0 unspecified atom stereocenters.